The Balaban J connectivity index is 1.49. The number of carbonyl (C=O) groups is 1. The summed E-state index contributed by atoms with van der Waals surface area (Å²) in [5.41, 5.74) is 1.06. The van der Waals surface area contributed by atoms with Crippen LogP contribution in [0.5, 0.6) is 0 Å². The van der Waals surface area contributed by atoms with Crippen LogP contribution in [0.2, 0.25) is 0 Å². The minimum Gasteiger partial charge on any atom is -0.463 e. The number of aromatic nitrogens is 4. The van der Waals surface area contributed by atoms with Crippen molar-refractivity contribution in [2.45, 2.75) is 12.3 Å². The summed E-state index contributed by atoms with van der Waals surface area (Å²) in [6, 6.07) is 5.29. The Morgan fingerprint density at radius 3 is 3.18 bits per heavy atom. The van der Waals surface area contributed by atoms with Crippen molar-refractivity contribution in [1.29, 1.82) is 0 Å². The third-order valence-electron chi connectivity index (χ3n) is 3.80. The monoisotopic (exact) mass is 299 g/mol. The van der Waals surface area contributed by atoms with Crippen molar-refractivity contribution in [3.8, 4) is 11.5 Å². The molecule has 4 heterocycles. The molecule has 1 aliphatic rings. The number of furan rings is 1. The van der Waals surface area contributed by atoms with Crippen molar-refractivity contribution in [3.05, 3.63) is 42.4 Å². The number of carbonyl (C=O) groups excluding carboxylic acids is 1. The molecule has 4 rings (SSSR count). The Hall–Kier alpha value is -2.90. The molecule has 112 valence electrons. The van der Waals surface area contributed by atoms with Gasteiger partial charge in [-0.05, 0) is 18.6 Å². The molecule has 22 heavy (non-hydrogen) atoms. The molecule has 8 heteroatoms. The molecule has 0 saturated carbocycles. The molecule has 0 unspecified atom stereocenters. The van der Waals surface area contributed by atoms with Gasteiger partial charge in [0.2, 0.25) is 6.39 Å². The molecule has 1 N–H and O–H groups in total. The van der Waals surface area contributed by atoms with E-state index in [1.54, 1.807) is 23.3 Å². The molecule has 1 aliphatic heterocycles. The third-order valence-corrected chi connectivity index (χ3v) is 3.80. The van der Waals surface area contributed by atoms with E-state index < -0.39 is 0 Å². The van der Waals surface area contributed by atoms with E-state index in [2.05, 4.69) is 20.3 Å². The molecule has 1 fully saturated rings. The van der Waals surface area contributed by atoms with Gasteiger partial charge in [-0.3, -0.25) is 9.89 Å². The number of nitrogens with zero attached hydrogens (tertiary/aromatic N) is 4. The zero-order chi connectivity index (χ0) is 14.9. The highest BCUT2D eigenvalue weighted by molar-refractivity contribution is 5.93. The van der Waals surface area contributed by atoms with Gasteiger partial charge in [0, 0.05) is 25.1 Å². The zero-order valence-corrected chi connectivity index (χ0v) is 11.6. The third kappa shape index (κ3) is 2.18. The molecule has 3 aromatic rings. The Labute approximate surface area is 125 Å². The van der Waals surface area contributed by atoms with Crippen LogP contribution < -0.4 is 0 Å². The molecule has 0 radical (unpaired) electrons. The molecular formula is C14H13N5O3. The minimum atomic E-state index is -0.111. The van der Waals surface area contributed by atoms with Gasteiger partial charge in [-0.1, -0.05) is 5.16 Å². The van der Waals surface area contributed by atoms with Crippen molar-refractivity contribution >= 4 is 5.91 Å². The summed E-state index contributed by atoms with van der Waals surface area (Å²) >= 11 is 0. The summed E-state index contributed by atoms with van der Waals surface area (Å²) in [4.78, 5) is 18.3. The maximum atomic E-state index is 12.5. The number of hydrogen-bond donors (Lipinski definition) is 1. The van der Waals surface area contributed by atoms with Gasteiger partial charge in [0.15, 0.2) is 17.3 Å². The Morgan fingerprint density at radius 2 is 2.41 bits per heavy atom. The molecule has 3 aromatic heterocycles. The van der Waals surface area contributed by atoms with E-state index in [9.17, 15) is 4.79 Å². The largest absolute Gasteiger partial charge is 0.463 e. The van der Waals surface area contributed by atoms with Gasteiger partial charge in [0.1, 0.15) is 5.69 Å². The molecule has 0 aromatic carbocycles. The lowest BCUT2D eigenvalue weighted by molar-refractivity contribution is 0.0784. The van der Waals surface area contributed by atoms with Crippen molar-refractivity contribution in [2.24, 2.45) is 0 Å². The molecule has 0 aliphatic carbocycles. The van der Waals surface area contributed by atoms with E-state index in [1.807, 2.05) is 6.07 Å². The van der Waals surface area contributed by atoms with E-state index in [0.717, 1.165) is 6.42 Å². The first kappa shape index (κ1) is 12.8. The second-order valence-corrected chi connectivity index (χ2v) is 5.17. The van der Waals surface area contributed by atoms with Crippen LogP contribution in [-0.4, -0.2) is 44.2 Å². The first-order valence-corrected chi connectivity index (χ1v) is 6.96. The fourth-order valence-electron chi connectivity index (χ4n) is 2.67. The molecule has 0 bridgehead atoms. The lowest BCUT2D eigenvalue weighted by atomic mass is 10.1. The highest BCUT2D eigenvalue weighted by Crippen LogP contribution is 2.26. The van der Waals surface area contributed by atoms with Gasteiger partial charge in [0.05, 0.1) is 6.26 Å². The van der Waals surface area contributed by atoms with E-state index in [4.69, 9.17) is 8.94 Å². The lowest BCUT2D eigenvalue weighted by Gasteiger charge is -2.13. The topological polar surface area (TPSA) is 101 Å². The van der Waals surface area contributed by atoms with Gasteiger partial charge in [-0.15, -0.1) is 0 Å². The van der Waals surface area contributed by atoms with Crippen LogP contribution in [0.3, 0.4) is 0 Å². The Morgan fingerprint density at radius 1 is 1.45 bits per heavy atom. The summed E-state index contributed by atoms with van der Waals surface area (Å²) < 4.78 is 10.0. The Bertz CT molecular complexity index is 762. The number of hydrogen-bond acceptors (Lipinski definition) is 6. The summed E-state index contributed by atoms with van der Waals surface area (Å²) in [5.74, 6) is 1.30. The molecule has 1 atom stereocenters. The predicted molar refractivity (Wildman–Crippen MR) is 73.8 cm³/mol. The number of nitrogens with one attached hydrogen (secondary N) is 1. The maximum absolute atomic E-state index is 12.5. The quantitative estimate of drug-likeness (QED) is 0.789. The van der Waals surface area contributed by atoms with Crippen LogP contribution >= 0.6 is 0 Å². The summed E-state index contributed by atoms with van der Waals surface area (Å²) in [6.45, 7) is 1.22. The van der Waals surface area contributed by atoms with Crippen molar-refractivity contribution in [3.63, 3.8) is 0 Å². The van der Waals surface area contributed by atoms with Gasteiger partial charge in [-0.25, -0.2) is 0 Å². The number of aromatic amines is 1. The average Bonchev–Trinajstić information content (AvgIpc) is 3.35. The lowest BCUT2D eigenvalue weighted by Crippen LogP contribution is -2.28. The molecule has 0 spiro atoms. The van der Waals surface area contributed by atoms with Gasteiger partial charge in [-0.2, -0.15) is 10.1 Å². The first-order valence-electron chi connectivity index (χ1n) is 6.96. The summed E-state index contributed by atoms with van der Waals surface area (Å²) in [5, 5.41) is 10.7. The van der Waals surface area contributed by atoms with E-state index in [1.165, 1.54) is 6.39 Å². The fourth-order valence-corrected chi connectivity index (χ4v) is 2.67. The van der Waals surface area contributed by atoms with Crippen molar-refractivity contribution in [2.75, 3.05) is 13.1 Å². The van der Waals surface area contributed by atoms with Crippen molar-refractivity contribution in [1.82, 2.24) is 25.2 Å². The van der Waals surface area contributed by atoms with Crippen LogP contribution in [0, 0.1) is 0 Å². The second kappa shape index (κ2) is 5.14. The van der Waals surface area contributed by atoms with Crippen LogP contribution in [0.15, 0.2) is 39.8 Å². The number of H-pyrrole nitrogens is 1. The standard InChI is InChI=1S/C14H13N5O3/c20-14(11-6-10(16-17-11)12-2-1-5-21-12)19-4-3-9(7-19)13-15-8-22-18-13/h1-2,5-6,8-9H,3-4,7H2,(H,16,17)/t9-/m0/s1. The fraction of sp³-hybridized carbons (Fsp3) is 0.286. The minimum absolute atomic E-state index is 0.111. The van der Waals surface area contributed by atoms with Gasteiger partial charge >= 0.3 is 0 Å². The van der Waals surface area contributed by atoms with Crippen LogP contribution in [-0.2, 0) is 0 Å². The molecular weight excluding hydrogens is 286 g/mol. The normalized spacial score (nSPS) is 18.0. The van der Waals surface area contributed by atoms with E-state index in [-0.39, 0.29) is 11.8 Å². The maximum Gasteiger partial charge on any atom is 0.274 e. The molecule has 1 saturated heterocycles. The summed E-state index contributed by atoms with van der Waals surface area (Å²) in [6.07, 6.45) is 3.71. The van der Waals surface area contributed by atoms with Crippen LogP contribution in [0.25, 0.3) is 11.5 Å². The molecule has 8 nitrogen and oxygen atoms in total. The first-order chi connectivity index (χ1) is 10.8. The molecule has 1 amide bonds. The van der Waals surface area contributed by atoms with E-state index >= 15 is 0 Å². The number of likely N-dealkylation sites (tertiary alicyclic amines) is 1. The van der Waals surface area contributed by atoms with Crippen LogP contribution in [0.1, 0.15) is 28.7 Å². The van der Waals surface area contributed by atoms with Gasteiger partial charge < -0.3 is 13.8 Å². The second-order valence-electron chi connectivity index (χ2n) is 5.17. The van der Waals surface area contributed by atoms with E-state index in [0.29, 0.717) is 36.1 Å². The van der Waals surface area contributed by atoms with Crippen LogP contribution in [0.4, 0.5) is 0 Å². The van der Waals surface area contributed by atoms with Gasteiger partial charge in [0.25, 0.3) is 5.91 Å². The predicted octanol–water partition coefficient (Wildman–Crippen LogP) is 1.68. The average molecular weight is 299 g/mol. The highest BCUT2D eigenvalue weighted by atomic mass is 16.5. The SMILES string of the molecule is O=C(c1cc(-c2ccco2)[nH]n1)N1CC[C@H](c2ncon2)C1. The zero-order valence-electron chi connectivity index (χ0n) is 11.6. The number of rotatable bonds is 3. The summed E-state index contributed by atoms with van der Waals surface area (Å²) in [7, 11) is 0. The highest BCUT2D eigenvalue weighted by Gasteiger charge is 2.31. The van der Waals surface area contributed by atoms with Crippen molar-refractivity contribution < 1.29 is 13.7 Å². The Kier molecular flexibility index (Phi) is 2.99. The smallest absolute Gasteiger partial charge is 0.274 e. The number of amides is 1.